The fraction of sp³-hybridized carbons (Fsp3) is 0.559. The lowest BCUT2D eigenvalue weighted by atomic mass is 9.87. The van der Waals surface area contributed by atoms with Crippen LogP contribution in [0.1, 0.15) is 77.7 Å². The summed E-state index contributed by atoms with van der Waals surface area (Å²) in [7, 11) is 0. The molecule has 11 nitrogen and oxygen atoms in total. The highest BCUT2D eigenvalue weighted by molar-refractivity contribution is 5.96. The van der Waals surface area contributed by atoms with Gasteiger partial charge in [-0.3, -0.25) is 14.6 Å². The van der Waals surface area contributed by atoms with Gasteiger partial charge in [0.2, 0.25) is 11.8 Å². The second kappa shape index (κ2) is 11.7. The number of allylic oxidation sites excluding steroid dienone is 1. The molecule has 0 radical (unpaired) electrons. The number of carbonyl (C=O) groups is 4. The molecule has 1 aliphatic carbocycles. The maximum Gasteiger partial charge on any atom is 0.408 e. The van der Waals surface area contributed by atoms with Crippen LogP contribution in [0.3, 0.4) is 0 Å². The first kappa shape index (κ1) is 30.9. The van der Waals surface area contributed by atoms with Crippen molar-refractivity contribution in [2.75, 3.05) is 6.54 Å². The molecule has 4 aliphatic rings. The van der Waals surface area contributed by atoms with Crippen molar-refractivity contribution in [3.05, 3.63) is 48.2 Å². The molecule has 5 unspecified atom stereocenters. The second-order valence-electron chi connectivity index (χ2n) is 13.9. The number of carboxylic acid groups (broad SMARTS) is 1. The predicted molar refractivity (Wildman–Crippen MR) is 166 cm³/mol. The highest BCUT2D eigenvalue weighted by atomic mass is 16.6. The van der Waals surface area contributed by atoms with Crippen LogP contribution in [0.25, 0.3) is 10.9 Å². The number of nitrogens with zero attached hydrogens (tertiary/aromatic N) is 2. The Hall–Kier alpha value is -4.15. The minimum atomic E-state index is -1.41. The number of aryl methyl sites for hydroxylation is 1. The number of hydrogen-bond donors (Lipinski definition) is 3. The Kier molecular flexibility index (Phi) is 7.99. The number of fused-ring (bicyclic) bond motifs is 5. The van der Waals surface area contributed by atoms with Crippen molar-refractivity contribution >= 4 is 34.8 Å². The number of para-hydroxylation sites is 1. The number of alkyl carbamates (subject to hydrolysis) is 1. The molecule has 1 aromatic carbocycles. The number of benzene rings is 1. The molecule has 0 bridgehead atoms. The molecule has 3 amide bonds. The van der Waals surface area contributed by atoms with Crippen molar-refractivity contribution in [1.82, 2.24) is 20.5 Å². The average molecular weight is 619 g/mol. The van der Waals surface area contributed by atoms with Crippen LogP contribution in [0.4, 0.5) is 4.79 Å². The Balaban J connectivity index is 1.33. The summed E-state index contributed by atoms with van der Waals surface area (Å²) in [6, 6.07) is 5.95. The minimum Gasteiger partial charge on any atom is -0.483 e. The van der Waals surface area contributed by atoms with E-state index in [9.17, 15) is 24.3 Å². The molecule has 1 saturated heterocycles. The molecule has 45 heavy (non-hydrogen) atoms. The third-order valence-electron chi connectivity index (χ3n) is 9.45. The lowest BCUT2D eigenvalue weighted by molar-refractivity contribution is -0.145. The molecule has 2 aromatic rings. The lowest BCUT2D eigenvalue weighted by Gasteiger charge is -2.36. The number of ether oxygens (including phenoxy) is 2. The van der Waals surface area contributed by atoms with Gasteiger partial charge in [-0.1, -0.05) is 43.2 Å². The Bertz CT molecular complexity index is 1550. The fourth-order valence-corrected chi connectivity index (χ4v) is 7.05. The van der Waals surface area contributed by atoms with Gasteiger partial charge in [0, 0.05) is 23.3 Å². The zero-order chi connectivity index (χ0) is 32.0. The first-order valence-electron chi connectivity index (χ1n) is 16.0. The summed E-state index contributed by atoms with van der Waals surface area (Å²) >= 11 is 0. The Morgan fingerprint density at radius 1 is 1.16 bits per heavy atom. The van der Waals surface area contributed by atoms with Gasteiger partial charge in [0.25, 0.3) is 0 Å². The van der Waals surface area contributed by atoms with Crippen LogP contribution in [-0.4, -0.2) is 74.2 Å². The maximum absolute atomic E-state index is 14.3. The van der Waals surface area contributed by atoms with E-state index in [1.54, 1.807) is 27.0 Å². The number of carbonyl (C=O) groups excluding carboxylic acids is 3. The molecule has 6 rings (SSSR count). The van der Waals surface area contributed by atoms with Gasteiger partial charge in [-0.25, -0.2) is 9.59 Å². The second-order valence-corrected chi connectivity index (χ2v) is 13.9. The number of rotatable bonds is 2. The SMILES string of the molecule is CC(C)(C)OC(=O)NC1CCCCCC=CC2CC2(C(=O)O)NC(=O)C2CC3(CCc4c(cnc5ccccc45)O3)CN2C1=O. The quantitative estimate of drug-likeness (QED) is 0.423. The summed E-state index contributed by atoms with van der Waals surface area (Å²) < 4.78 is 12.1. The summed E-state index contributed by atoms with van der Waals surface area (Å²) in [5.74, 6) is -1.73. The highest BCUT2D eigenvalue weighted by Crippen LogP contribution is 2.47. The number of pyridine rings is 1. The van der Waals surface area contributed by atoms with Crippen molar-refractivity contribution < 1.29 is 33.8 Å². The number of nitrogens with one attached hydrogen (secondary N) is 2. The molecule has 3 aliphatic heterocycles. The third-order valence-corrected chi connectivity index (χ3v) is 9.45. The number of amides is 3. The molecule has 11 heteroatoms. The first-order chi connectivity index (χ1) is 21.4. The van der Waals surface area contributed by atoms with Crippen LogP contribution in [0.15, 0.2) is 42.6 Å². The Morgan fingerprint density at radius 3 is 2.73 bits per heavy atom. The van der Waals surface area contributed by atoms with E-state index in [0.717, 1.165) is 35.7 Å². The van der Waals surface area contributed by atoms with E-state index < -0.39 is 52.7 Å². The van der Waals surface area contributed by atoms with E-state index >= 15 is 0 Å². The topological polar surface area (TPSA) is 147 Å². The van der Waals surface area contributed by atoms with Crippen molar-refractivity contribution in [2.24, 2.45) is 5.92 Å². The van der Waals surface area contributed by atoms with Crippen molar-refractivity contribution in [1.29, 1.82) is 0 Å². The summed E-state index contributed by atoms with van der Waals surface area (Å²) in [6.07, 6.45) is 10.1. The van der Waals surface area contributed by atoms with Crippen LogP contribution in [-0.2, 0) is 25.5 Å². The number of carboxylic acids is 1. The molecule has 4 heterocycles. The summed E-state index contributed by atoms with van der Waals surface area (Å²) in [4.78, 5) is 59.7. The van der Waals surface area contributed by atoms with E-state index in [1.807, 2.05) is 36.4 Å². The Labute approximate surface area is 262 Å². The molecule has 1 saturated carbocycles. The fourth-order valence-electron chi connectivity index (χ4n) is 7.05. The van der Waals surface area contributed by atoms with Crippen LogP contribution in [0.2, 0.25) is 0 Å². The summed E-state index contributed by atoms with van der Waals surface area (Å²) in [5, 5.41) is 16.7. The van der Waals surface area contributed by atoms with Crippen LogP contribution in [0, 0.1) is 5.92 Å². The monoisotopic (exact) mass is 618 g/mol. The zero-order valence-corrected chi connectivity index (χ0v) is 26.1. The van der Waals surface area contributed by atoms with E-state index in [1.165, 1.54) is 4.90 Å². The number of aromatic nitrogens is 1. The smallest absolute Gasteiger partial charge is 0.408 e. The van der Waals surface area contributed by atoms with Gasteiger partial charge in [0.15, 0.2) is 0 Å². The van der Waals surface area contributed by atoms with Crippen LogP contribution < -0.4 is 15.4 Å². The molecule has 3 N–H and O–H groups in total. The molecule has 240 valence electrons. The summed E-state index contributed by atoms with van der Waals surface area (Å²) in [5.41, 5.74) is -1.14. The van der Waals surface area contributed by atoms with Gasteiger partial charge < -0.3 is 30.1 Å². The predicted octanol–water partition coefficient (Wildman–Crippen LogP) is 4.27. The summed E-state index contributed by atoms with van der Waals surface area (Å²) in [6.45, 7) is 5.38. The molecule has 1 aromatic heterocycles. The average Bonchev–Trinajstić information content (AvgIpc) is 3.56. The van der Waals surface area contributed by atoms with Crippen molar-refractivity contribution in [3.63, 3.8) is 0 Å². The van der Waals surface area contributed by atoms with E-state index in [4.69, 9.17) is 9.47 Å². The van der Waals surface area contributed by atoms with Gasteiger partial charge in [0.05, 0.1) is 18.3 Å². The Morgan fingerprint density at radius 2 is 1.96 bits per heavy atom. The van der Waals surface area contributed by atoms with Crippen LogP contribution >= 0.6 is 0 Å². The van der Waals surface area contributed by atoms with Gasteiger partial charge in [-0.2, -0.15) is 0 Å². The van der Waals surface area contributed by atoms with Gasteiger partial charge in [-0.15, -0.1) is 0 Å². The third kappa shape index (κ3) is 6.21. The zero-order valence-electron chi connectivity index (χ0n) is 26.1. The van der Waals surface area contributed by atoms with Crippen LogP contribution in [0.5, 0.6) is 5.75 Å². The van der Waals surface area contributed by atoms with Crippen molar-refractivity contribution in [2.45, 2.75) is 107 Å². The van der Waals surface area contributed by atoms with Gasteiger partial charge in [-0.05, 0) is 65.4 Å². The van der Waals surface area contributed by atoms with E-state index in [-0.39, 0.29) is 18.9 Å². The highest BCUT2D eigenvalue weighted by Gasteiger charge is 2.62. The lowest BCUT2D eigenvalue weighted by Crippen LogP contribution is -2.56. The largest absolute Gasteiger partial charge is 0.483 e. The number of aliphatic carboxylic acids is 1. The van der Waals surface area contributed by atoms with E-state index in [2.05, 4.69) is 15.6 Å². The molecule has 1 spiro atoms. The molecular weight excluding hydrogens is 576 g/mol. The van der Waals surface area contributed by atoms with Gasteiger partial charge >= 0.3 is 12.1 Å². The normalized spacial score (nSPS) is 30.2. The van der Waals surface area contributed by atoms with E-state index in [0.29, 0.717) is 37.9 Å². The van der Waals surface area contributed by atoms with Gasteiger partial charge in [0.1, 0.15) is 34.6 Å². The molecular formula is C34H42N4O7. The number of hydrogen-bond acceptors (Lipinski definition) is 7. The minimum absolute atomic E-state index is 0.117. The maximum atomic E-state index is 14.3. The molecule has 2 fully saturated rings. The standard InChI is InChI=1S/C34H42N4O7/c1-32(2,3)45-31(43)36-25-14-8-6-4-5-7-11-21-17-34(21,30(41)42)37-28(39)26-18-33(20-38(26)29(25)40)16-15-23-22-12-9-10-13-24(22)35-19-27(23)44-33/h7,9-13,19,21,25-26H,4-6,8,14-18,20H2,1-3H3,(H,36,43)(H,37,39)(H,41,42). The molecule has 5 atom stereocenters. The first-order valence-corrected chi connectivity index (χ1v) is 16.0. The van der Waals surface area contributed by atoms with Crippen molar-refractivity contribution in [3.8, 4) is 5.75 Å².